The van der Waals surface area contributed by atoms with Gasteiger partial charge in [-0.3, -0.25) is 13.9 Å². The van der Waals surface area contributed by atoms with Crippen molar-refractivity contribution >= 4 is 27.5 Å². The molecule has 0 aliphatic heterocycles. The number of hydrogen-bond acceptors (Lipinski definition) is 4. The summed E-state index contributed by atoms with van der Waals surface area (Å²) in [5.41, 5.74) is 1.49. The zero-order valence-electron chi connectivity index (χ0n) is 20.6. The highest BCUT2D eigenvalue weighted by Gasteiger charge is 2.31. The zero-order valence-corrected chi connectivity index (χ0v) is 21.4. The Bertz CT molecular complexity index is 1090. The topological polar surface area (TPSA) is 86.8 Å². The van der Waals surface area contributed by atoms with E-state index in [0.717, 1.165) is 22.5 Å². The van der Waals surface area contributed by atoms with E-state index in [2.05, 4.69) is 5.32 Å². The van der Waals surface area contributed by atoms with Gasteiger partial charge < -0.3 is 10.2 Å². The summed E-state index contributed by atoms with van der Waals surface area (Å²) in [6, 6.07) is 11.7. The van der Waals surface area contributed by atoms with Crippen molar-refractivity contribution in [3.8, 4) is 0 Å². The van der Waals surface area contributed by atoms with Crippen LogP contribution in [0.5, 0.6) is 0 Å². The molecule has 0 fully saturated rings. The molecule has 0 radical (unpaired) electrons. The van der Waals surface area contributed by atoms with E-state index in [1.807, 2.05) is 39.8 Å². The van der Waals surface area contributed by atoms with E-state index in [4.69, 9.17) is 0 Å². The quantitative estimate of drug-likeness (QED) is 0.582. The highest BCUT2D eigenvalue weighted by atomic mass is 32.2. The molecule has 0 spiro atoms. The molecule has 0 saturated carbocycles. The monoisotopic (exact) mass is 491 g/mol. The van der Waals surface area contributed by atoms with E-state index in [1.165, 1.54) is 29.2 Å². The molecule has 186 valence electrons. The van der Waals surface area contributed by atoms with Crippen molar-refractivity contribution in [3.63, 3.8) is 0 Å². The van der Waals surface area contributed by atoms with Crippen LogP contribution < -0.4 is 9.62 Å². The molecule has 2 rings (SSSR count). The van der Waals surface area contributed by atoms with Crippen LogP contribution in [0.1, 0.15) is 45.7 Å². The fraction of sp³-hybridized carbons (Fsp3) is 0.440. The van der Waals surface area contributed by atoms with Gasteiger partial charge in [-0.15, -0.1) is 0 Å². The summed E-state index contributed by atoms with van der Waals surface area (Å²) in [7, 11) is -3.78. The van der Waals surface area contributed by atoms with Gasteiger partial charge in [0, 0.05) is 12.1 Å². The minimum atomic E-state index is -3.78. The lowest BCUT2D eigenvalue weighted by molar-refractivity contribution is -0.140. The van der Waals surface area contributed by atoms with Crippen molar-refractivity contribution in [1.82, 2.24) is 10.2 Å². The molecule has 9 heteroatoms. The van der Waals surface area contributed by atoms with E-state index in [0.29, 0.717) is 11.3 Å². The Hall–Kier alpha value is -2.94. The van der Waals surface area contributed by atoms with E-state index < -0.39 is 39.9 Å². The maximum Gasteiger partial charge on any atom is 0.244 e. The Labute approximate surface area is 202 Å². The van der Waals surface area contributed by atoms with Crippen LogP contribution in [0.2, 0.25) is 0 Å². The van der Waals surface area contributed by atoms with Crippen molar-refractivity contribution in [2.24, 2.45) is 0 Å². The van der Waals surface area contributed by atoms with Gasteiger partial charge in [0.1, 0.15) is 18.4 Å². The molecule has 0 unspecified atom stereocenters. The molecule has 34 heavy (non-hydrogen) atoms. The van der Waals surface area contributed by atoms with Gasteiger partial charge in [0.25, 0.3) is 0 Å². The van der Waals surface area contributed by atoms with Gasteiger partial charge in [-0.25, -0.2) is 12.8 Å². The normalized spacial score (nSPS) is 12.7. The summed E-state index contributed by atoms with van der Waals surface area (Å²) >= 11 is 0. The van der Waals surface area contributed by atoms with Crippen LogP contribution in [0.15, 0.2) is 48.5 Å². The summed E-state index contributed by atoms with van der Waals surface area (Å²) < 4.78 is 39.5. The second-order valence-corrected chi connectivity index (χ2v) is 11.3. The van der Waals surface area contributed by atoms with Crippen molar-refractivity contribution in [3.05, 3.63) is 65.5 Å². The fourth-order valence-electron chi connectivity index (χ4n) is 3.35. The molecule has 0 saturated heterocycles. The predicted octanol–water partition coefficient (Wildman–Crippen LogP) is 3.49. The molecule has 0 heterocycles. The first kappa shape index (κ1) is 27.3. The average molecular weight is 492 g/mol. The molecule has 0 aromatic heterocycles. The third kappa shape index (κ3) is 7.83. The number of nitrogens with one attached hydrogen (secondary N) is 1. The predicted molar refractivity (Wildman–Crippen MR) is 132 cm³/mol. The largest absolute Gasteiger partial charge is 0.350 e. The number of rotatable bonds is 9. The maximum absolute atomic E-state index is 13.4. The van der Waals surface area contributed by atoms with Crippen molar-refractivity contribution < 1.29 is 22.4 Å². The summed E-state index contributed by atoms with van der Waals surface area (Å²) in [5, 5.41) is 2.85. The van der Waals surface area contributed by atoms with Crippen LogP contribution in [-0.2, 0) is 32.6 Å². The van der Waals surface area contributed by atoms with Gasteiger partial charge in [0.05, 0.1) is 11.9 Å². The molecule has 2 amide bonds. The molecule has 7 nitrogen and oxygen atoms in total. The fourth-order valence-corrected chi connectivity index (χ4v) is 4.20. The Morgan fingerprint density at radius 3 is 2.00 bits per heavy atom. The number of carbonyl (C=O) groups is 2. The van der Waals surface area contributed by atoms with Crippen LogP contribution in [-0.4, -0.2) is 49.5 Å². The van der Waals surface area contributed by atoms with Gasteiger partial charge >= 0.3 is 0 Å². The van der Waals surface area contributed by atoms with Gasteiger partial charge in [-0.2, -0.15) is 0 Å². The van der Waals surface area contributed by atoms with E-state index >= 15 is 0 Å². The SMILES string of the molecule is CCc1ccc(N(CC(=O)N(Cc2ccc(F)cc2)[C@H](C)C(=O)NC(C)(C)C)S(C)(=O)=O)cc1. The molecule has 0 aliphatic carbocycles. The molecule has 0 aliphatic rings. The number of sulfonamides is 1. The summed E-state index contributed by atoms with van der Waals surface area (Å²) in [6.07, 6.45) is 1.83. The van der Waals surface area contributed by atoms with Crippen LogP contribution in [0.25, 0.3) is 0 Å². The Balaban J connectivity index is 2.38. The van der Waals surface area contributed by atoms with E-state index in [1.54, 1.807) is 19.1 Å². The standard InChI is InChI=1S/C25H34FN3O4S/c1-7-19-10-14-22(15-11-19)29(34(6,32)33)17-23(30)28(16-20-8-12-21(26)13-9-20)18(2)24(31)27-25(3,4)5/h8-15,18H,7,16-17H2,1-6H3,(H,27,31)/t18-/m1/s1. The average Bonchev–Trinajstić information content (AvgIpc) is 2.74. The number of halogens is 1. The lowest BCUT2D eigenvalue weighted by Gasteiger charge is -2.33. The summed E-state index contributed by atoms with van der Waals surface area (Å²) in [5.74, 6) is -1.34. The van der Waals surface area contributed by atoms with Crippen LogP contribution >= 0.6 is 0 Å². The van der Waals surface area contributed by atoms with Gasteiger partial charge in [0.15, 0.2) is 0 Å². The maximum atomic E-state index is 13.4. The van der Waals surface area contributed by atoms with Crippen molar-refractivity contribution in [2.45, 2.75) is 59.2 Å². The summed E-state index contributed by atoms with van der Waals surface area (Å²) in [4.78, 5) is 27.6. The van der Waals surface area contributed by atoms with Gasteiger partial charge in [-0.05, 0) is 69.5 Å². The molecule has 1 N–H and O–H groups in total. The molecular formula is C25H34FN3O4S. The second-order valence-electron chi connectivity index (χ2n) is 9.35. The van der Waals surface area contributed by atoms with E-state index in [9.17, 15) is 22.4 Å². The number of benzene rings is 2. The Morgan fingerprint density at radius 2 is 1.53 bits per heavy atom. The van der Waals surface area contributed by atoms with Crippen molar-refractivity contribution in [2.75, 3.05) is 17.1 Å². The Kier molecular flexibility index (Phi) is 8.83. The number of nitrogens with zero attached hydrogens (tertiary/aromatic N) is 2. The molecule has 1 atom stereocenters. The number of amides is 2. The molecule has 0 bridgehead atoms. The highest BCUT2D eigenvalue weighted by molar-refractivity contribution is 7.92. The first-order chi connectivity index (χ1) is 15.7. The number of hydrogen-bond donors (Lipinski definition) is 1. The second kappa shape index (κ2) is 11.0. The van der Waals surface area contributed by atoms with Crippen LogP contribution in [0.3, 0.4) is 0 Å². The minimum absolute atomic E-state index is 0.0181. The lowest BCUT2D eigenvalue weighted by atomic mass is 10.1. The Morgan fingerprint density at radius 1 is 1.00 bits per heavy atom. The number of aryl methyl sites for hydroxylation is 1. The third-order valence-corrected chi connectivity index (χ3v) is 6.38. The van der Waals surface area contributed by atoms with Crippen molar-refractivity contribution in [1.29, 1.82) is 0 Å². The first-order valence-electron chi connectivity index (χ1n) is 11.1. The zero-order chi connectivity index (χ0) is 25.7. The number of carbonyl (C=O) groups excluding carboxylic acids is 2. The van der Waals surface area contributed by atoms with Crippen LogP contribution in [0.4, 0.5) is 10.1 Å². The third-order valence-electron chi connectivity index (χ3n) is 5.24. The summed E-state index contributed by atoms with van der Waals surface area (Å²) in [6.45, 7) is 8.61. The lowest BCUT2D eigenvalue weighted by Crippen LogP contribution is -2.54. The number of anilines is 1. The molecular weight excluding hydrogens is 457 g/mol. The van der Waals surface area contributed by atoms with Crippen LogP contribution in [0, 0.1) is 5.82 Å². The first-order valence-corrected chi connectivity index (χ1v) is 13.0. The minimum Gasteiger partial charge on any atom is -0.350 e. The van der Waals surface area contributed by atoms with E-state index in [-0.39, 0.29) is 12.5 Å². The molecule has 2 aromatic carbocycles. The highest BCUT2D eigenvalue weighted by Crippen LogP contribution is 2.20. The molecule has 2 aromatic rings. The van der Waals surface area contributed by atoms with Gasteiger partial charge in [-0.1, -0.05) is 31.2 Å². The van der Waals surface area contributed by atoms with Gasteiger partial charge in [0.2, 0.25) is 21.8 Å². The smallest absolute Gasteiger partial charge is 0.244 e.